The van der Waals surface area contributed by atoms with Crippen LogP contribution in [0, 0.1) is 11.8 Å². The van der Waals surface area contributed by atoms with Gasteiger partial charge in [-0.15, -0.1) is 0 Å². The molecule has 0 spiro atoms. The first-order valence-electron chi connectivity index (χ1n) is 8.04. The molecule has 0 bridgehead atoms. The molecule has 0 saturated carbocycles. The predicted octanol–water partition coefficient (Wildman–Crippen LogP) is 4.21. The second kappa shape index (κ2) is 7.09. The molecule has 2 rings (SSSR count). The van der Waals surface area contributed by atoms with Gasteiger partial charge in [-0.05, 0) is 48.8 Å². The molecular weight excluding hydrogens is 230 g/mol. The van der Waals surface area contributed by atoms with E-state index in [4.69, 9.17) is 0 Å². The molecule has 1 nitrogen and oxygen atoms in total. The monoisotopic (exact) mass is 259 g/mol. The highest BCUT2D eigenvalue weighted by atomic mass is 14.9. The Hall–Kier alpha value is -0.820. The molecule has 1 aromatic carbocycles. The zero-order valence-corrected chi connectivity index (χ0v) is 12.8. The van der Waals surface area contributed by atoms with Crippen molar-refractivity contribution in [1.82, 2.24) is 5.32 Å². The smallest absolute Gasteiger partial charge is 0.0104 e. The van der Waals surface area contributed by atoms with Crippen molar-refractivity contribution in [2.45, 2.75) is 58.9 Å². The van der Waals surface area contributed by atoms with Crippen molar-refractivity contribution in [3.8, 4) is 0 Å². The minimum Gasteiger partial charge on any atom is -0.314 e. The van der Waals surface area contributed by atoms with E-state index >= 15 is 0 Å². The van der Waals surface area contributed by atoms with E-state index in [1.165, 1.54) is 32.1 Å². The number of benzene rings is 1. The molecule has 2 atom stereocenters. The van der Waals surface area contributed by atoms with E-state index < -0.39 is 0 Å². The average Bonchev–Trinajstić information content (AvgIpc) is 2.82. The van der Waals surface area contributed by atoms with Crippen molar-refractivity contribution in [3.05, 3.63) is 35.4 Å². The second-order valence-corrected chi connectivity index (χ2v) is 6.23. The Morgan fingerprint density at radius 1 is 1.16 bits per heavy atom. The van der Waals surface area contributed by atoms with Crippen LogP contribution in [0.1, 0.15) is 51.2 Å². The Morgan fingerprint density at radius 3 is 2.32 bits per heavy atom. The van der Waals surface area contributed by atoms with Crippen molar-refractivity contribution in [2.24, 2.45) is 11.8 Å². The first-order chi connectivity index (χ1) is 9.24. The maximum atomic E-state index is 3.75. The predicted molar refractivity (Wildman–Crippen MR) is 83.5 cm³/mol. The summed E-state index contributed by atoms with van der Waals surface area (Å²) < 4.78 is 0. The summed E-state index contributed by atoms with van der Waals surface area (Å²) in [4.78, 5) is 0. The van der Waals surface area contributed by atoms with Crippen LogP contribution in [0.15, 0.2) is 24.3 Å². The maximum absolute atomic E-state index is 3.75. The fourth-order valence-electron chi connectivity index (χ4n) is 3.63. The van der Waals surface area contributed by atoms with Crippen molar-refractivity contribution < 1.29 is 0 Å². The summed E-state index contributed by atoms with van der Waals surface area (Å²) in [6, 6.07) is 9.69. The van der Waals surface area contributed by atoms with E-state index in [-0.39, 0.29) is 0 Å². The number of rotatable bonds is 7. The third-order valence-electron chi connectivity index (χ3n) is 4.56. The first-order valence-corrected chi connectivity index (χ1v) is 8.04. The summed E-state index contributed by atoms with van der Waals surface area (Å²) in [6.45, 7) is 8.04. The van der Waals surface area contributed by atoms with Gasteiger partial charge in [0.2, 0.25) is 0 Å². The summed E-state index contributed by atoms with van der Waals surface area (Å²) >= 11 is 0. The quantitative estimate of drug-likeness (QED) is 0.773. The minimum absolute atomic E-state index is 0.693. The third kappa shape index (κ3) is 3.82. The molecule has 19 heavy (non-hydrogen) atoms. The van der Waals surface area contributed by atoms with Crippen LogP contribution in [-0.4, -0.2) is 12.6 Å². The Morgan fingerprint density at radius 2 is 1.79 bits per heavy atom. The van der Waals surface area contributed by atoms with Crippen LogP contribution in [0.4, 0.5) is 0 Å². The normalized spacial score (nSPS) is 18.3. The van der Waals surface area contributed by atoms with Gasteiger partial charge in [-0.3, -0.25) is 0 Å². The second-order valence-electron chi connectivity index (χ2n) is 6.23. The molecule has 0 saturated heterocycles. The highest BCUT2D eigenvalue weighted by Crippen LogP contribution is 2.31. The SMILES string of the molecule is CCCC(C)CC(NCC)C1Cc2ccccc2C1. The molecule has 1 aliphatic carbocycles. The molecule has 0 aliphatic heterocycles. The number of fused-ring (bicyclic) bond motifs is 1. The average molecular weight is 259 g/mol. The molecule has 0 fully saturated rings. The Labute approximate surface area is 118 Å². The summed E-state index contributed by atoms with van der Waals surface area (Å²) in [7, 11) is 0. The van der Waals surface area contributed by atoms with Gasteiger partial charge in [0.05, 0.1) is 0 Å². The van der Waals surface area contributed by atoms with Gasteiger partial charge in [-0.1, -0.05) is 57.9 Å². The molecule has 0 amide bonds. The fourth-order valence-corrected chi connectivity index (χ4v) is 3.63. The maximum Gasteiger partial charge on any atom is 0.0104 e. The summed E-state index contributed by atoms with van der Waals surface area (Å²) in [5, 5.41) is 3.75. The van der Waals surface area contributed by atoms with E-state index in [1.54, 1.807) is 11.1 Å². The highest BCUT2D eigenvalue weighted by molar-refractivity contribution is 5.32. The molecule has 2 unspecified atom stereocenters. The lowest BCUT2D eigenvalue weighted by molar-refractivity contribution is 0.301. The molecular formula is C18H29N. The van der Waals surface area contributed by atoms with Gasteiger partial charge in [0.25, 0.3) is 0 Å². The largest absolute Gasteiger partial charge is 0.314 e. The molecule has 0 heterocycles. The fraction of sp³-hybridized carbons (Fsp3) is 0.667. The molecule has 1 aromatic rings. The molecule has 1 N–H and O–H groups in total. The highest BCUT2D eigenvalue weighted by Gasteiger charge is 2.28. The molecule has 0 radical (unpaired) electrons. The van der Waals surface area contributed by atoms with Gasteiger partial charge in [-0.2, -0.15) is 0 Å². The first kappa shape index (κ1) is 14.6. The van der Waals surface area contributed by atoms with Crippen molar-refractivity contribution in [2.75, 3.05) is 6.54 Å². The number of hydrogen-bond acceptors (Lipinski definition) is 1. The zero-order valence-electron chi connectivity index (χ0n) is 12.8. The van der Waals surface area contributed by atoms with Crippen molar-refractivity contribution in [3.63, 3.8) is 0 Å². The molecule has 0 aromatic heterocycles. The summed E-state index contributed by atoms with van der Waals surface area (Å²) in [6.07, 6.45) is 6.55. The van der Waals surface area contributed by atoms with Gasteiger partial charge < -0.3 is 5.32 Å². The zero-order chi connectivity index (χ0) is 13.7. The van der Waals surface area contributed by atoms with Crippen LogP contribution in [-0.2, 0) is 12.8 Å². The van der Waals surface area contributed by atoms with Crippen LogP contribution < -0.4 is 5.32 Å². The van der Waals surface area contributed by atoms with Crippen LogP contribution in [0.25, 0.3) is 0 Å². The van der Waals surface area contributed by atoms with Gasteiger partial charge in [0.15, 0.2) is 0 Å². The third-order valence-corrected chi connectivity index (χ3v) is 4.56. The van der Waals surface area contributed by atoms with Crippen molar-refractivity contribution in [1.29, 1.82) is 0 Å². The van der Waals surface area contributed by atoms with E-state index in [0.29, 0.717) is 6.04 Å². The molecule has 1 heteroatoms. The van der Waals surface area contributed by atoms with Crippen LogP contribution in [0.2, 0.25) is 0 Å². The van der Waals surface area contributed by atoms with Gasteiger partial charge in [-0.25, -0.2) is 0 Å². The molecule has 106 valence electrons. The Balaban J connectivity index is 1.97. The summed E-state index contributed by atoms with van der Waals surface area (Å²) in [5.74, 6) is 1.65. The van der Waals surface area contributed by atoms with Gasteiger partial charge in [0, 0.05) is 6.04 Å². The van der Waals surface area contributed by atoms with E-state index in [9.17, 15) is 0 Å². The van der Waals surface area contributed by atoms with E-state index in [2.05, 4.69) is 50.4 Å². The van der Waals surface area contributed by atoms with Gasteiger partial charge in [0.1, 0.15) is 0 Å². The van der Waals surface area contributed by atoms with Crippen LogP contribution >= 0.6 is 0 Å². The molecule has 1 aliphatic rings. The van der Waals surface area contributed by atoms with Crippen molar-refractivity contribution >= 4 is 0 Å². The van der Waals surface area contributed by atoms with Crippen LogP contribution in [0.5, 0.6) is 0 Å². The number of hydrogen-bond donors (Lipinski definition) is 1. The Kier molecular flexibility index (Phi) is 5.45. The standard InChI is InChI=1S/C18H29N/c1-4-8-14(3)11-18(19-5-2)17-12-15-9-6-7-10-16(15)13-17/h6-7,9-10,14,17-19H,4-5,8,11-13H2,1-3H3. The van der Waals surface area contributed by atoms with Gasteiger partial charge >= 0.3 is 0 Å². The minimum atomic E-state index is 0.693. The lowest BCUT2D eigenvalue weighted by Crippen LogP contribution is -2.38. The topological polar surface area (TPSA) is 12.0 Å². The van der Waals surface area contributed by atoms with E-state index in [0.717, 1.165) is 18.4 Å². The lowest BCUT2D eigenvalue weighted by atomic mass is 9.87. The van der Waals surface area contributed by atoms with E-state index in [1.807, 2.05) is 0 Å². The summed E-state index contributed by atoms with van der Waals surface area (Å²) in [5.41, 5.74) is 3.16. The lowest BCUT2D eigenvalue weighted by Gasteiger charge is -2.27. The Bertz CT molecular complexity index is 360. The van der Waals surface area contributed by atoms with Crippen LogP contribution in [0.3, 0.4) is 0 Å². The number of nitrogens with one attached hydrogen (secondary N) is 1.